The van der Waals surface area contributed by atoms with Crippen LogP contribution in [-0.2, 0) is 20.7 Å². The number of aromatic nitrogens is 1. The average Bonchev–Trinajstić information content (AvgIpc) is 2.93. The van der Waals surface area contributed by atoms with Gasteiger partial charge in [-0.05, 0) is 32.9 Å². The number of rotatable bonds is 6. The molecular weight excluding hydrogens is 354 g/mol. The van der Waals surface area contributed by atoms with E-state index < -0.39 is 29.3 Å². The van der Waals surface area contributed by atoms with Crippen molar-refractivity contribution in [2.24, 2.45) is 0 Å². The second-order valence-corrected chi connectivity index (χ2v) is 6.76. The van der Waals surface area contributed by atoms with Crippen LogP contribution in [0.5, 0.6) is 0 Å². The van der Waals surface area contributed by atoms with Gasteiger partial charge in [0.2, 0.25) is 0 Å². The fourth-order valence-electron chi connectivity index (χ4n) is 2.26. The smallest absolute Gasteiger partial charge is 0.408 e. The van der Waals surface area contributed by atoms with Gasteiger partial charge in [0, 0.05) is 12.1 Å². The van der Waals surface area contributed by atoms with E-state index in [-0.39, 0.29) is 17.8 Å². The Kier molecular flexibility index (Phi) is 6.27. The third-order valence-electron chi connectivity index (χ3n) is 3.42. The molecule has 0 saturated heterocycles. The third-order valence-corrected chi connectivity index (χ3v) is 3.42. The van der Waals surface area contributed by atoms with Crippen LogP contribution in [0, 0.1) is 0 Å². The van der Waals surface area contributed by atoms with Crippen LogP contribution >= 0.6 is 0 Å². The normalized spacial score (nSPS) is 12.1. The molecule has 0 aliphatic carbocycles. The molecule has 3 N–H and O–H groups in total. The number of hydrogen-bond donors (Lipinski definition) is 3. The average molecular weight is 377 g/mol. The van der Waals surface area contributed by atoms with Crippen molar-refractivity contribution < 1.29 is 23.6 Å². The maximum absolute atomic E-state index is 12.1. The summed E-state index contributed by atoms with van der Waals surface area (Å²) >= 11 is 0. The van der Waals surface area contributed by atoms with Crippen LogP contribution in [0.4, 0.5) is 16.3 Å². The minimum absolute atomic E-state index is 0.146. The number of ether oxygens (including phenoxy) is 2. The van der Waals surface area contributed by atoms with E-state index in [9.17, 15) is 14.4 Å². The number of para-hydroxylation sites is 1. The molecule has 1 heterocycles. The minimum atomic E-state index is -1.13. The van der Waals surface area contributed by atoms with E-state index in [0.29, 0.717) is 5.69 Å². The quantitative estimate of drug-likeness (QED) is 0.660. The first-order valence-corrected chi connectivity index (χ1v) is 8.29. The number of benzene rings is 1. The van der Waals surface area contributed by atoms with Crippen LogP contribution in [0.3, 0.4) is 0 Å². The number of alkyl carbamates (subject to hydrolysis) is 1. The number of anilines is 2. The van der Waals surface area contributed by atoms with Crippen LogP contribution in [-0.4, -0.2) is 36.0 Å². The number of esters is 1. The monoisotopic (exact) mass is 377 g/mol. The lowest BCUT2D eigenvalue weighted by atomic mass is 10.1. The van der Waals surface area contributed by atoms with Crippen LogP contribution in [0.25, 0.3) is 0 Å². The molecule has 0 fully saturated rings. The summed E-state index contributed by atoms with van der Waals surface area (Å²) in [6.45, 7) is 5.09. The summed E-state index contributed by atoms with van der Waals surface area (Å²) < 4.78 is 14.7. The molecule has 0 aliphatic heterocycles. The van der Waals surface area contributed by atoms with E-state index >= 15 is 0 Å². The van der Waals surface area contributed by atoms with Crippen molar-refractivity contribution >= 4 is 23.6 Å². The Bertz CT molecular complexity index is 835. The Morgan fingerprint density at radius 1 is 1.22 bits per heavy atom. The summed E-state index contributed by atoms with van der Waals surface area (Å²) in [4.78, 5) is 36.1. The Morgan fingerprint density at radius 2 is 1.89 bits per heavy atom. The molecule has 2 aromatic rings. The number of methoxy groups -OCH3 is 1. The molecule has 0 bridgehead atoms. The van der Waals surface area contributed by atoms with Crippen molar-refractivity contribution in [2.75, 3.05) is 12.4 Å². The number of hydrogen-bond acceptors (Lipinski definition) is 7. The zero-order valence-electron chi connectivity index (χ0n) is 15.6. The first kappa shape index (κ1) is 20.1. The molecule has 0 spiro atoms. The van der Waals surface area contributed by atoms with Crippen molar-refractivity contribution in [1.29, 1.82) is 0 Å². The lowest BCUT2D eigenvalue weighted by Gasteiger charge is -2.22. The molecule has 1 amide bonds. The van der Waals surface area contributed by atoms with E-state index in [1.165, 1.54) is 7.11 Å². The molecule has 2 rings (SSSR count). The van der Waals surface area contributed by atoms with Gasteiger partial charge in [-0.15, -0.1) is 0 Å². The summed E-state index contributed by atoms with van der Waals surface area (Å²) in [7, 11) is 1.19. The molecule has 146 valence electrons. The summed E-state index contributed by atoms with van der Waals surface area (Å²) in [5.74, 6) is -0.432. The van der Waals surface area contributed by atoms with Gasteiger partial charge in [-0.1, -0.05) is 18.2 Å². The lowest BCUT2D eigenvalue weighted by Crippen LogP contribution is -2.45. The number of carbonyl (C=O) groups is 2. The maximum Gasteiger partial charge on any atom is 0.408 e. The number of H-pyrrole nitrogens is 1. The predicted molar refractivity (Wildman–Crippen MR) is 97.9 cm³/mol. The number of nitrogens with one attached hydrogen (secondary N) is 3. The van der Waals surface area contributed by atoms with Crippen molar-refractivity contribution in [3.63, 3.8) is 0 Å². The van der Waals surface area contributed by atoms with Crippen LogP contribution in [0.2, 0.25) is 0 Å². The summed E-state index contributed by atoms with van der Waals surface area (Å²) in [6, 6.07) is 7.96. The summed E-state index contributed by atoms with van der Waals surface area (Å²) in [6.07, 6.45) is -0.942. The van der Waals surface area contributed by atoms with E-state index in [4.69, 9.17) is 14.0 Å². The predicted octanol–water partition coefficient (Wildman–Crippen LogP) is 2.32. The Labute approximate surface area is 156 Å². The highest BCUT2D eigenvalue weighted by atomic mass is 16.6. The molecule has 9 nitrogen and oxygen atoms in total. The summed E-state index contributed by atoms with van der Waals surface area (Å²) in [5.41, 5.74) is -0.526. The molecular formula is C18H23N3O6. The first-order valence-electron chi connectivity index (χ1n) is 8.29. The molecule has 9 heteroatoms. The minimum Gasteiger partial charge on any atom is -0.467 e. The van der Waals surface area contributed by atoms with Gasteiger partial charge < -0.3 is 24.6 Å². The Balaban J connectivity index is 2.20. The largest absolute Gasteiger partial charge is 0.467 e. The van der Waals surface area contributed by atoms with E-state index in [1.807, 2.05) is 18.2 Å². The SMILES string of the molecule is COC(=O)[C@H](Cc1c(Nc2ccccc2)[nH]oc1=O)NC(=O)OC(C)(C)C. The van der Waals surface area contributed by atoms with E-state index in [0.717, 1.165) is 0 Å². The van der Waals surface area contributed by atoms with Gasteiger partial charge in [0.05, 0.1) is 12.7 Å². The van der Waals surface area contributed by atoms with Gasteiger partial charge in [0.1, 0.15) is 17.5 Å². The van der Waals surface area contributed by atoms with Crippen molar-refractivity contribution in [3.8, 4) is 0 Å². The zero-order chi connectivity index (χ0) is 20.0. The second kappa shape index (κ2) is 8.43. The van der Waals surface area contributed by atoms with E-state index in [2.05, 4.69) is 15.8 Å². The van der Waals surface area contributed by atoms with Crippen LogP contribution < -0.4 is 16.3 Å². The molecule has 27 heavy (non-hydrogen) atoms. The van der Waals surface area contributed by atoms with E-state index in [1.54, 1.807) is 32.9 Å². The van der Waals surface area contributed by atoms with Gasteiger partial charge in [-0.3, -0.25) is 0 Å². The molecule has 0 unspecified atom stereocenters. The van der Waals surface area contributed by atoms with Crippen LogP contribution in [0.1, 0.15) is 26.3 Å². The van der Waals surface area contributed by atoms with Gasteiger partial charge in [0.15, 0.2) is 0 Å². The van der Waals surface area contributed by atoms with Gasteiger partial charge in [0.25, 0.3) is 0 Å². The lowest BCUT2D eigenvalue weighted by molar-refractivity contribution is -0.143. The number of amides is 1. The molecule has 1 aromatic heterocycles. The van der Waals surface area contributed by atoms with Gasteiger partial charge >= 0.3 is 17.7 Å². The first-order chi connectivity index (χ1) is 12.7. The van der Waals surface area contributed by atoms with Crippen molar-refractivity contribution in [2.45, 2.75) is 38.8 Å². The maximum atomic E-state index is 12.1. The summed E-state index contributed by atoms with van der Waals surface area (Å²) in [5, 5.41) is 7.91. The number of carbonyl (C=O) groups excluding carboxylic acids is 2. The molecule has 1 aromatic carbocycles. The fraction of sp³-hybridized carbons (Fsp3) is 0.389. The molecule has 0 saturated carbocycles. The molecule has 0 aliphatic rings. The topological polar surface area (TPSA) is 123 Å². The van der Waals surface area contributed by atoms with Crippen LogP contribution in [0.15, 0.2) is 39.6 Å². The Morgan fingerprint density at radius 3 is 2.48 bits per heavy atom. The fourth-order valence-corrected chi connectivity index (χ4v) is 2.26. The Hall–Kier alpha value is -3.23. The highest BCUT2D eigenvalue weighted by Crippen LogP contribution is 2.18. The van der Waals surface area contributed by atoms with Crippen molar-refractivity contribution in [1.82, 2.24) is 10.5 Å². The van der Waals surface area contributed by atoms with Gasteiger partial charge in [-0.25, -0.2) is 19.5 Å². The second-order valence-electron chi connectivity index (χ2n) is 6.76. The highest BCUT2D eigenvalue weighted by molar-refractivity contribution is 5.82. The number of aromatic amines is 1. The molecule has 1 atom stereocenters. The van der Waals surface area contributed by atoms with Gasteiger partial charge in [-0.2, -0.15) is 0 Å². The molecule has 0 radical (unpaired) electrons. The highest BCUT2D eigenvalue weighted by Gasteiger charge is 2.28. The zero-order valence-corrected chi connectivity index (χ0v) is 15.6. The standard InChI is InChI=1S/C18H23N3O6/c1-18(2,3)26-17(24)20-13(16(23)25-4)10-12-14(21-27-15(12)22)19-11-8-6-5-7-9-11/h5-9,13,19,21H,10H2,1-4H3,(H,20,24)/t13-/m0/s1. The van der Waals surface area contributed by atoms with Crippen molar-refractivity contribution in [3.05, 3.63) is 46.3 Å². The third kappa shape index (κ3) is 5.91.